The molecule has 5 aromatic rings. The summed E-state index contributed by atoms with van der Waals surface area (Å²) in [6, 6.07) is 34.3. The van der Waals surface area contributed by atoms with Crippen molar-refractivity contribution in [3.05, 3.63) is 154 Å². The summed E-state index contributed by atoms with van der Waals surface area (Å²) in [6.45, 7) is 4.56. The number of anilines is 3. The van der Waals surface area contributed by atoms with Gasteiger partial charge < -0.3 is 9.64 Å². The Morgan fingerprint density at radius 3 is 2.28 bits per heavy atom. The van der Waals surface area contributed by atoms with Crippen molar-refractivity contribution >= 4 is 38.7 Å². The molecule has 0 radical (unpaired) electrons. The van der Waals surface area contributed by atoms with Crippen LogP contribution in [0.4, 0.5) is 22.7 Å². The lowest BCUT2D eigenvalue weighted by Gasteiger charge is -2.46. The van der Waals surface area contributed by atoms with E-state index in [0.717, 1.165) is 11.1 Å². The Balaban J connectivity index is 1.53. The normalized spacial score (nSPS) is 14.4. The van der Waals surface area contributed by atoms with Gasteiger partial charge in [0, 0.05) is 35.6 Å². The van der Waals surface area contributed by atoms with Gasteiger partial charge in [-0.2, -0.15) is 0 Å². The molecule has 47 heavy (non-hydrogen) atoms. The Morgan fingerprint density at radius 2 is 1.60 bits per heavy atom. The highest BCUT2D eigenvalue weighted by Crippen LogP contribution is 2.44. The van der Waals surface area contributed by atoms with Gasteiger partial charge in [0.2, 0.25) is 0 Å². The molecule has 0 bridgehead atoms. The molecule has 0 fully saturated rings. The molecule has 1 heterocycles. The maximum atomic E-state index is 14.6. The molecule has 1 amide bonds. The number of rotatable bonds is 10. The van der Waals surface area contributed by atoms with Crippen molar-refractivity contribution in [3.63, 3.8) is 0 Å². The standard InChI is InChI=1S/C36H32N4O6S/c1-3-46-31-18-16-29(17-19-31)39-35(27-10-7-11-30(22-27)40(42)43)38(24-26-8-5-4-6-9-26)34-21-20-32(23-33(34)36(39)41)47(44,45)37-28-14-12-25(2)13-15-28/h4-23,35,37H,3,24H2,1-2H3. The van der Waals surface area contributed by atoms with E-state index < -0.39 is 27.0 Å². The minimum atomic E-state index is -4.07. The summed E-state index contributed by atoms with van der Waals surface area (Å²) in [5, 5.41) is 11.8. The molecule has 0 saturated carbocycles. The molecule has 1 aliphatic heterocycles. The molecule has 0 aliphatic carbocycles. The van der Waals surface area contributed by atoms with E-state index in [2.05, 4.69) is 4.72 Å². The van der Waals surface area contributed by atoms with Crippen molar-refractivity contribution in [1.29, 1.82) is 0 Å². The Hall–Kier alpha value is -5.68. The highest BCUT2D eigenvalue weighted by Gasteiger charge is 2.41. The molecule has 10 nitrogen and oxygen atoms in total. The molecular weight excluding hydrogens is 616 g/mol. The van der Waals surface area contributed by atoms with E-state index in [0.29, 0.717) is 41.5 Å². The first-order valence-corrected chi connectivity index (χ1v) is 16.5. The largest absolute Gasteiger partial charge is 0.494 e. The van der Waals surface area contributed by atoms with Crippen LogP contribution in [-0.2, 0) is 16.6 Å². The molecule has 1 aliphatic rings. The number of benzene rings is 5. The van der Waals surface area contributed by atoms with Crippen molar-refractivity contribution < 1.29 is 22.9 Å². The zero-order valence-electron chi connectivity index (χ0n) is 25.7. The third kappa shape index (κ3) is 6.52. The number of fused-ring (bicyclic) bond motifs is 1. The molecule has 0 aromatic heterocycles. The summed E-state index contributed by atoms with van der Waals surface area (Å²) in [7, 11) is -4.07. The fourth-order valence-corrected chi connectivity index (χ4v) is 6.74. The number of hydrogen-bond donors (Lipinski definition) is 1. The summed E-state index contributed by atoms with van der Waals surface area (Å²) in [5.41, 5.74) is 3.87. The minimum absolute atomic E-state index is 0.0784. The number of ether oxygens (including phenoxy) is 1. The minimum Gasteiger partial charge on any atom is -0.494 e. The van der Waals surface area contributed by atoms with Crippen molar-refractivity contribution in [2.45, 2.75) is 31.5 Å². The van der Waals surface area contributed by atoms with Gasteiger partial charge in [-0.05, 0) is 74.0 Å². The SMILES string of the molecule is CCOc1ccc(N2C(=O)c3cc(S(=O)(=O)Nc4ccc(C)cc4)ccc3N(Cc3ccccc3)C2c2cccc([N+](=O)[O-])c2)cc1. The third-order valence-electron chi connectivity index (χ3n) is 7.88. The van der Waals surface area contributed by atoms with Crippen molar-refractivity contribution in [2.75, 3.05) is 21.1 Å². The van der Waals surface area contributed by atoms with Crippen LogP contribution < -0.4 is 19.3 Å². The molecule has 0 saturated heterocycles. The number of amides is 1. The van der Waals surface area contributed by atoms with Gasteiger partial charge in [-0.15, -0.1) is 0 Å². The quantitative estimate of drug-likeness (QED) is 0.123. The van der Waals surface area contributed by atoms with Crippen LogP contribution in [0.25, 0.3) is 0 Å². The summed E-state index contributed by atoms with van der Waals surface area (Å²) in [5.74, 6) is 0.155. The topological polar surface area (TPSA) is 122 Å². The van der Waals surface area contributed by atoms with E-state index >= 15 is 0 Å². The highest BCUT2D eigenvalue weighted by molar-refractivity contribution is 7.92. The molecule has 5 aromatic carbocycles. The Morgan fingerprint density at radius 1 is 0.872 bits per heavy atom. The summed E-state index contributed by atoms with van der Waals surface area (Å²) < 4.78 is 35.4. The van der Waals surface area contributed by atoms with E-state index in [1.807, 2.05) is 49.1 Å². The second-order valence-electron chi connectivity index (χ2n) is 11.1. The van der Waals surface area contributed by atoms with E-state index in [9.17, 15) is 23.3 Å². The van der Waals surface area contributed by atoms with Crippen LogP contribution in [0.5, 0.6) is 5.75 Å². The molecule has 1 atom stereocenters. The molecule has 1 N–H and O–H groups in total. The number of carbonyl (C=O) groups excluding carboxylic acids is 1. The zero-order chi connectivity index (χ0) is 33.1. The number of non-ortho nitro benzene ring substituents is 1. The molecule has 11 heteroatoms. The lowest BCUT2D eigenvalue weighted by molar-refractivity contribution is -0.384. The fourth-order valence-electron chi connectivity index (χ4n) is 5.66. The number of nitrogens with zero attached hydrogens (tertiary/aromatic N) is 3. The Bertz CT molecular complexity index is 2040. The fraction of sp³-hybridized carbons (Fsp3) is 0.139. The van der Waals surface area contributed by atoms with E-state index in [4.69, 9.17) is 4.74 Å². The summed E-state index contributed by atoms with van der Waals surface area (Å²) in [6.07, 6.45) is -0.818. The van der Waals surface area contributed by atoms with Crippen LogP contribution in [-0.4, -0.2) is 25.9 Å². The Kier molecular flexibility index (Phi) is 8.64. The Labute approximate surface area is 273 Å². The third-order valence-corrected chi connectivity index (χ3v) is 9.26. The zero-order valence-corrected chi connectivity index (χ0v) is 26.6. The van der Waals surface area contributed by atoms with Gasteiger partial charge in [-0.3, -0.25) is 24.5 Å². The number of nitro benzene ring substituents is 1. The second kappa shape index (κ2) is 13.0. The average Bonchev–Trinajstić information content (AvgIpc) is 3.07. The first-order chi connectivity index (χ1) is 22.6. The molecular formula is C36H32N4O6S. The van der Waals surface area contributed by atoms with E-state index in [-0.39, 0.29) is 16.1 Å². The summed E-state index contributed by atoms with van der Waals surface area (Å²) in [4.78, 5) is 29.4. The van der Waals surface area contributed by atoms with Gasteiger partial charge in [0.15, 0.2) is 0 Å². The first kappa shape index (κ1) is 31.3. The van der Waals surface area contributed by atoms with Crippen LogP contribution in [0.2, 0.25) is 0 Å². The molecule has 6 rings (SSSR count). The lowest BCUT2D eigenvalue weighted by Crippen LogP contribution is -2.49. The number of nitro groups is 1. The lowest BCUT2D eigenvalue weighted by atomic mass is 9.98. The molecule has 1 unspecified atom stereocenters. The van der Waals surface area contributed by atoms with Gasteiger partial charge in [0.1, 0.15) is 11.9 Å². The van der Waals surface area contributed by atoms with Crippen molar-refractivity contribution in [2.24, 2.45) is 0 Å². The molecule has 0 spiro atoms. The first-order valence-electron chi connectivity index (χ1n) is 15.0. The van der Waals surface area contributed by atoms with Crippen LogP contribution in [0.15, 0.2) is 126 Å². The number of sulfonamides is 1. The second-order valence-corrected chi connectivity index (χ2v) is 12.8. The summed E-state index contributed by atoms with van der Waals surface area (Å²) >= 11 is 0. The van der Waals surface area contributed by atoms with Gasteiger partial charge in [0.25, 0.3) is 21.6 Å². The van der Waals surface area contributed by atoms with Crippen LogP contribution in [0.1, 0.15) is 40.1 Å². The smallest absolute Gasteiger partial charge is 0.269 e. The van der Waals surface area contributed by atoms with E-state index in [1.54, 1.807) is 71.6 Å². The maximum absolute atomic E-state index is 14.6. The average molecular weight is 649 g/mol. The van der Waals surface area contributed by atoms with Gasteiger partial charge in [-0.25, -0.2) is 8.42 Å². The van der Waals surface area contributed by atoms with Crippen LogP contribution >= 0.6 is 0 Å². The maximum Gasteiger partial charge on any atom is 0.269 e. The van der Waals surface area contributed by atoms with Crippen LogP contribution in [0, 0.1) is 17.0 Å². The van der Waals surface area contributed by atoms with Gasteiger partial charge in [0.05, 0.1) is 27.7 Å². The van der Waals surface area contributed by atoms with Gasteiger partial charge in [-0.1, -0.05) is 60.2 Å². The van der Waals surface area contributed by atoms with Crippen molar-refractivity contribution in [1.82, 2.24) is 0 Å². The highest BCUT2D eigenvalue weighted by atomic mass is 32.2. The van der Waals surface area contributed by atoms with Gasteiger partial charge >= 0.3 is 0 Å². The predicted molar refractivity (Wildman–Crippen MR) is 181 cm³/mol. The monoisotopic (exact) mass is 648 g/mol. The number of nitrogens with one attached hydrogen (secondary N) is 1. The van der Waals surface area contributed by atoms with Crippen molar-refractivity contribution in [3.8, 4) is 5.75 Å². The number of hydrogen-bond acceptors (Lipinski definition) is 7. The predicted octanol–water partition coefficient (Wildman–Crippen LogP) is 7.47. The number of aryl methyl sites for hydroxylation is 1. The van der Waals surface area contributed by atoms with Crippen LogP contribution in [0.3, 0.4) is 0 Å². The number of carbonyl (C=O) groups is 1. The molecule has 238 valence electrons. The van der Waals surface area contributed by atoms with E-state index in [1.165, 1.54) is 24.3 Å².